The van der Waals surface area contributed by atoms with E-state index in [2.05, 4.69) is 0 Å². The van der Waals surface area contributed by atoms with E-state index in [0.29, 0.717) is 6.42 Å². The monoisotopic (exact) mass is 276 g/mol. The molecule has 0 aliphatic carbocycles. The molecule has 1 atom stereocenters. The van der Waals surface area contributed by atoms with E-state index in [9.17, 15) is 5.11 Å². The lowest BCUT2D eigenvalue weighted by Gasteiger charge is -2.10. The Morgan fingerprint density at radius 2 is 1.74 bits per heavy atom. The SMILES string of the molecule is CCC(O)c1ccc(Oc2ccc(Cl)c(C)c2)cc1. The molecule has 1 unspecified atom stereocenters. The minimum atomic E-state index is -0.410. The van der Waals surface area contributed by atoms with Gasteiger partial charge in [0, 0.05) is 5.02 Å². The molecule has 0 aromatic heterocycles. The van der Waals surface area contributed by atoms with Crippen molar-refractivity contribution in [3.63, 3.8) is 0 Å². The summed E-state index contributed by atoms with van der Waals surface area (Å²) in [5, 5.41) is 10.5. The van der Waals surface area contributed by atoms with Crippen molar-refractivity contribution >= 4 is 11.6 Å². The van der Waals surface area contributed by atoms with Crippen LogP contribution in [-0.2, 0) is 0 Å². The number of benzene rings is 2. The van der Waals surface area contributed by atoms with Crippen LogP contribution in [0.3, 0.4) is 0 Å². The molecule has 19 heavy (non-hydrogen) atoms. The molecule has 0 spiro atoms. The largest absolute Gasteiger partial charge is 0.457 e. The second kappa shape index (κ2) is 6.09. The highest BCUT2D eigenvalue weighted by Crippen LogP contribution is 2.27. The topological polar surface area (TPSA) is 29.5 Å². The molecule has 0 amide bonds. The summed E-state index contributed by atoms with van der Waals surface area (Å²) in [5.41, 5.74) is 1.89. The second-order valence-electron chi connectivity index (χ2n) is 4.51. The third-order valence-electron chi connectivity index (χ3n) is 3.02. The summed E-state index contributed by atoms with van der Waals surface area (Å²) in [6.07, 6.45) is 0.295. The van der Waals surface area contributed by atoms with Gasteiger partial charge in [-0.3, -0.25) is 0 Å². The van der Waals surface area contributed by atoms with Gasteiger partial charge in [-0.25, -0.2) is 0 Å². The lowest BCUT2D eigenvalue weighted by molar-refractivity contribution is 0.173. The first kappa shape index (κ1) is 13.9. The van der Waals surface area contributed by atoms with Crippen LogP contribution in [0.4, 0.5) is 0 Å². The van der Waals surface area contributed by atoms with Gasteiger partial charge in [-0.15, -0.1) is 0 Å². The molecule has 2 rings (SSSR count). The normalized spacial score (nSPS) is 12.2. The number of aliphatic hydroxyl groups excluding tert-OH is 1. The van der Waals surface area contributed by atoms with Crippen molar-refractivity contribution in [2.75, 3.05) is 0 Å². The molecular formula is C16H17ClO2. The zero-order chi connectivity index (χ0) is 13.8. The van der Waals surface area contributed by atoms with Gasteiger partial charge in [0.2, 0.25) is 0 Å². The second-order valence-corrected chi connectivity index (χ2v) is 4.91. The predicted molar refractivity (Wildman–Crippen MR) is 78.0 cm³/mol. The molecule has 2 aromatic rings. The Balaban J connectivity index is 2.12. The summed E-state index contributed by atoms with van der Waals surface area (Å²) >= 11 is 5.97. The zero-order valence-corrected chi connectivity index (χ0v) is 11.8. The predicted octanol–water partition coefficient (Wildman–Crippen LogP) is 4.88. The molecule has 0 radical (unpaired) electrons. The molecule has 2 nitrogen and oxygen atoms in total. The first-order chi connectivity index (χ1) is 9.10. The molecule has 0 fully saturated rings. The van der Waals surface area contributed by atoms with Crippen molar-refractivity contribution in [2.45, 2.75) is 26.4 Å². The maximum Gasteiger partial charge on any atom is 0.127 e. The molecule has 0 heterocycles. The molecule has 2 aromatic carbocycles. The fourth-order valence-electron chi connectivity index (χ4n) is 1.81. The van der Waals surface area contributed by atoms with Crippen LogP contribution in [-0.4, -0.2) is 5.11 Å². The van der Waals surface area contributed by atoms with Gasteiger partial charge < -0.3 is 9.84 Å². The van der Waals surface area contributed by atoms with Crippen molar-refractivity contribution in [1.82, 2.24) is 0 Å². The van der Waals surface area contributed by atoms with Gasteiger partial charge >= 0.3 is 0 Å². The van der Waals surface area contributed by atoms with Crippen LogP contribution in [0.25, 0.3) is 0 Å². The van der Waals surface area contributed by atoms with Crippen LogP contribution < -0.4 is 4.74 Å². The summed E-state index contributed by atoms with van der Waals surface area (Å²) in [6.45, 7) is 3.89. The third kappa shape index (κ3) is 3.49. The lowest BCUT2D eigenvalue weighted by Crippen LogP contribution is -1.94. The molecule has 0 aliphatic heterocycles. The number of aryl methyl sites for hydroxylation is 1. The minimum absolute atomic E-state index is 0.410. The maximum absolute atomic E-state index is 9.72. The quantitative estimate of drug-likeness (QED) is 0.862. The van der Waals surface area contributed by atoms with Gasteiger partial charge in [0.1, 0.15) is 11.5 Å². The molecule has 0 aliphatic rings. The fourth-order valence-corrected chi connectivity index (χ4v) is 1.93. The standard InChI is InChI=1S/C16H17ClO2/c1-3-16(18)12-4-6-13(7-5-12)19-14-8-9-15(17)11(2)10-14/h4-10,16,18H,3H2,1-2H3. The van der Waals surface area contributed by atoms with Crippen molar-refractivity contribution in [1.29, 1.82) is 0 Å². The van der Waals surface area contributed by atoms with E-state index in [0.717, 1.165) is 27.6 Å². The van der Waals surface area contributed by atoms with E-state index in [1.807, 2.05) is 56.3 Å². The fraction of sp³-hybridized carbons (Fsp3) is 0.250. The first-order valence-electron chi connectivity index (χ1n) is 6.32. The van der Waals surface area contributed by atoms with Gasteiger partial charge in [-0.05, 0) is 54.8 Å². The van der Waals surface area contributed by atoms with Crippen molar-refractivity contribution in [3.8, 4) is 11.5 Å². The average Bonchev–Trinajstić information content (AvgIpc) is 2.43. The number of halogens is 1. The van der Waals surface area contributed by atoms with Crippen molar-refractivity contribution in [3.05, 3.63) is 58.6 Å². The highest BCUT2D eigenvalue weighted by atomic mass is 35.5. The first-order valence-corrected chi connectivity index (χ1v) is 6.70. The van der Waals surface area contributed by atoms with E-state index < -0.39 is 6.10 Å². The number of hydrogen-bond donors (Lipinski definition) is 1. The molecule has 0 saturated heterocycles. The number of rotatable bonds is 4. The summed E-state index contributed by atoms with van der Waals surface area (Å²) in [6, 6.07) is 13.0. The summed E-state index contributed by atoms with van der Waals surface area (Å²) in [7, 11) is 0. The van der Waals surface area contributed by atoms with Crippen LogP contribution in [0, 0.1) is 6.92 Å². The van der Waals surface area contributed by atoms with Crippen LogP contribution >= 0.6 is 11.6 Å². The summed E-state index contributed by atoms with van der Waals surface area (Å²) in [4.78, 5) is 0. The minimum Gasteiger partial charge on any atom is -0.457 e. The van der Waals surface area contributed by atoms with Crippen LogP contribution in [0.2, 0.25) is 5.02 Å². The van der Waals surface area contributed by atoms with E-state index in [4.69, 9.17) is 16.3 Å². The molecular weight excluding hydrogens is 260 g/mol. The maximum atomic E-state index is 9.72. The Bertz CT molecular complexity index is 549. The Morgan fingerprint density at radius 3 is 2.32 bits per heavy atom. The highest BCUT2D eigenvalue weighted by Gasteiger charge is 2.05. The number of hydrogen-bond acceptors (Lipinski definition) is 2. The number of ether oxygens (including phenoxy) is 1. The van der Waals surface area contributed by atoms with E-state index >= 15 is 0 Å². The van der Waals surface area contributed by atoms with Gasteiger partial charge in [-0.2, -0.15) is 0 Å². The Labute approximate surface area is 118 Å². The Hall–Kier alpha value is -1.51. The smallest absolute Gasteiger partial charge is 0.127 e. The summed E-state index contributed by atoms with van der Waals surface area (Å²) in [5.74, 6) is 1.50. The zero-order valence-electron chi connectivity index (χ0n) is 11.1. The third-order valence-corrected chi connectivity index (χ3v) is 3.44. The molecule has 0 bridgehead atoms. The molecule has 3 heteroatoms. The Kier molecular flexibility index (Phi) is 4.46. The lowest BCUT2D eigenvalue weighted by atomic mass is 10.1. The highest BCUT2D eigenvalue weighted by molar-refractivity contribution is 6.31. The van der Waals surface area contributed by atoms with Crippen LogP contribution in [0.15, 0.2) is 42.5 Å². The van der Waals surface area contributed by atoms with E-state index in [1.54, 1.807) is 0 Å². The van der Waals surface area contributed by atoms with Crippen LogP contribution in [0.1, 0.15) is 30.6 Å². The van der Waals surface area contributed by atoms with Gasteiger partial charge in [0.05, 0.1) is 6.10 Å². The van der Waals surface area contributed by atoms with Crippen molar-refractivity contribution in [2.24, 2.45) is 0 Å². The van der Waals surface area contributed by atoms with Gasteiger partial charge in [-0.1, -0.05) is 30.7 Å². The molecule has 1 N–H and O–H groups in total. The van der Waals surface area contributed by atoms with E-state index in [1.165, 1.54) is 0 Å². The van der Waals surface area contributed by atoms with Crippen LogP contribution in [0.5, 0.6) is 11.5 Å². The van der Waals surface area contributed by atoms with Crippen molar-refractivity contribution < 1.29 is 9.84 Å². The summed E-state index contributed by atoms with van der Waals surface area (Å²) < 4.78 is 5.74. The van der Waals surface area contributed by atoms with Gasteiger partial charge in [0.25, 0.3) is 0 Å². The number of aliphatic hydroxyl groups is 1. The van der Waals surface area contributed by atoms with E-state index in [-0.39, 0.29) is 0 Å². The van der Waals surface area contributed by atoms with Gasteiger partial charge in [0.15, 0.2) is 0 Å². The average molecular weight is 277 g/mol. The molecule has 0 saturated carbocycles. The molecule has 100 valence electrons. The Morgan fingerprint density at radius 1 is 1.11 bits per heavy atom.